The third-order valence-corrected chi connectivity index (χ3v) is 4.93. The van der Waals surface area contributed by atoms with E-state index in [0.717, 1.165) is 19.5 Å². The van der Waals surface area contributed by atoms with Crippen LogP contribution in [-0.4, -0.2) is 43.5 Å². The van der Waals surface area contributed by atoms with Crippen molar-refractivity contribution < 1.29 is 4.79 Å². The lowest BCUT2D eigenvalue weighted by atomic mass is 10.2. The average Bonchev–Trinajstić information content (AvgIpc) is 3.00. The van der Waals surface area contributed by atoms with Gasteiger partial charge < -0.3 is 21.3 Å². The number of rotatable bonds is 5. The molecule has 21 heavy (non-hydrogen) atoms. The zero-order valence-electron chi connectivity index (χ0n) is 12.4. The number of likely N-dealkylation sites (N-methyl/N-ethyl adjacent to an activating group) is 1. The van der Waals surface area contributed by atoms with Gasteiger partial charge in [-0.3, -0.25) is 4.79 Å². The molecule has 1 amide bonds. The molecule has 7 heteroatoms. The van der Waals surface area contributed by atoms with Gasteiger partial charge in [-0.1, -0.05) is 0 Å². The summed E-state index contributed by atoms with van der Waals surface area (Å²) < 4.78 is 0. The summed E-state index contributed by atoms with van der Waals surface area (Å²) in [6.07, 6.45) is 2.35. The predicted molar refractivity (Wildman–Crippen MR) is 85.6 cm³/mol. The van der Waals surface area contributed by atoms with Crippen molar-refractivity contribution in [2.75, 3.05) is 37.7 Å². The zero-order valence-corrected chi connectivity index (χ0v) is 13.2. The van der Waals surface area contributed by atoms with Gasteiger partial charge in [0, 0.05) is 19.1 Å². The Morgan fingerprint density at radius 2 is 2.38 bits per heavy atom. The third-order valence-electron chi connectivity index (χ3n) is 3.77. The first-order valence-corrected chi connectivity index (χ1v) is 7.94. The first-order chi connectivity index (χ1) is 10.1. The number of likely N-dealkylation sites (tertiary alicyclic amines) is 1. The Balaban J connectivity index is 2.13. The molecule has 114 valence electrons. The largest absolute Gasteiger partial charge is 0.396 e. The molecule has 1 unspecified atom stereocenters. The number of nitrogens with one attached hydrogen (secondary N) is 2. The number of nitrogens with two attached hydrogens (primary N) is 1. The number of nitrogens with zero attached hydrogens (tertiary/aromatic N) is 2. The van der Waals surface area contributed by atoms with Gasteiger partial charge in [0.2, 0.25) is 0 Å². The van der Waals surface area contributed by atoms with Gasteiger partial charge in [-0.05, 0) is 33.4 Å². The van der Waals surface area contributed by atoms with Crippen LogP contribution in [-0.2, 0) is 0 Å². The monoisotopic (exact) mass is 307 g/mol. The van der Waals surface area contributed by atoms with E-state index in [2.05, 4.69) is 28.7 Å². The maximum Gasteiger partial charge on any atom is 0.263 e. The highest BCUT2D eigenvalue weighted by Crippen LogP contribution is 2.35. The van der Waals surface area contributed by atoms with Crippen LogP contribution >= 0.6 is 11.3 Å². The molecule has 1 aliphatic rings. The highest BCUT2D eigenvalue weighted by molar-refractivity contribution is 7.18. The summed E-state index contributed by atoms with van der Waals surface area (Å²) in [4.78, 5) is 14.7. The lowest BCUT2D eigenvalue weighted by molar-refractivity contribution is 0.0960. The maximum atomic E-state index is 11.9. The van der Waals surface area contributed by atoms with Crippen molar-refractivity contribution in [3.05, 3.63) is 10.4 Å². The zero-order chi connectivity index (χ0) is 15.4. The van der Waals surface area contributed by atoms with E-state index >= 15 is 0 Å². The summed E-state index contributed by atoms with van der Waals surface area (Å²) in [6.45, 7) is 4.25. The minimum Gasteiger partial charge on any atom is -0.396 e. The van der Waals surface area contributed by atoms with Gasteiger partial charge in [-0.25, -0.2) is 0 Å². The molecule has 1 aromatic rings. The number of hydrogen-bond acceptors (Lipinski definition) is 6. The van der Waals surface area contributed by atoms with Crippen molar-refractivity contribution in [1.29, 1.82) is 5.26 Å². The Bertz CT molecular complexity index is 562. The van der Waals surface area contributed by atoms with Gasteiger partial charge >= 0.3 is 0 Å². The van der Waals surface area contributed by atoms with E-state index in [-0.39, 0.29) is 11.6 Å². The Labute approximate surface area is 128 Å². The average molecular weight is 307 g/mol. The molecule has 6 nitrogen and oxygen atoms in total. The number of anilines is 2. The lowest BCUT2D eigenvalue weighted by Crippen LogP contribution is -2.31. The highest BCUT2D eigenvalue weighted by Gasteiger charge is 2.24. The van der Waals surface area contributed by atoms with E-state index in [0.29, 0.717) is 28.0 Å². The Morgan fingerprint density at radius 1 is 1.62 bits per heavy atom. The van der Waals surface area contributed by atoms with Crippen LogP contribution in [0, 0.1) is 11.3 Å². The number of hydrogen-bond donors (Lipinski definition) is 3. The van der Waals surface area contributed by atoms with Gasteiger partial charge in [0.05, 0.1) is 5.69 Å². The fourth-order valence-corrected chi connectivity index (χ4v) is 3.53. The van der Waals surface area contributed by atoms with Crippen molar-refractivity contribution in [1.82, 2.24) is 10.2 Å². The molecule has 0 radical (unpaired) electrons. The molecule has 0 aromatic carbocycles. The van der Waals surface area contributed by atoms with Crippen LogP contribution in [0.2, 0.25) is 0 Å². The molecule has 1 atom stereocenters. The summed E-state index contributed by atoms with van der Waals surface area (Å²) >= 11 is 1.25. The predicted octanol–water partition coefficient (Wildman–Crippen LogP) is 1.46. The first-order valence-electron chi connectivity index (χ1n) is 7.13. The maximum absolute atomic E-state index is 11.9. The Morgan fingerprint density at radius 3 is 2.95 bits per heavy atom. The second-order valence-corrected chi connectivity index (χ2v) is 6.20. The lowest BCUT2D eigenvalue weighted by Gasteiger charge is -2.19. The molecule has 4 N–H and O–H groups in total. The fourth-order valence-electron chi connectivity index (χ4n) is 2.54. The number of thiophene rings is 1. The quantitative estimate of drug-likeness (QED) is 0.765. The number of carbonyl (C=O) groups excluding carboxylic acids is 1. The fraction of sp³-hybridized carbons (Fsp3) is 0.571. The molecular formula is C14H21N5OS. The number of amides is 1. The molecule has 1 aromatic heterocycles. The SMILES string of the molecule is CCNC(=O)c1sc(NCC2CCCN2C)c(C#N)c1N. The summed E-state index contributed by atoms with van der Waals surface area (Å²) in [5.74, 6) is -0.220. The molecule has 1 saturated heterocycles. The van der Waals surface area contributed by atoms with Crippen LogP contribution in [0.3, 0.4) is 0 Å². The second kappa shape index (κ2) is 6.78. The van der Waals surface area contributed by atoms with Crippen LogP contribution in [0.25, 0.3) is 0 Å². The van der Waals surface area contributed by atoms with Crippen LogP contribution in [0.5, 0.6) is 0 Å². The van der Waals surface area contributed by atoms with E-state index in [4.69, 9.17) is 5.73 Å². The van der Waals surface area contributed by atoms with Gasteiger partial charge in [0.25, 0.3) is 5.91 Å². The summed E-state index contributed by atoms with van der Waals surface area (Å²) in [5, 5.41) is 16.0. The van der Waals surface area contributed by atoms with Crippen molar-refractivity contribution in [2.45, 2.75) is 25.8 Å². The number of nitriles is 1. The van der Waals surface area contributed by atoms with Gasteiger partial charge in [0.15, 0.2) is 0 Å². The molecule has 0 saturated carbocycles. The van der Waals surface area contributed by atoms with Crippen molar-refractivity contribution >= 4 is 27.9 Å². The number of nitrogen functional groups attached to an aromatic ring is 1. The van der Waals surface area contributed by atoms with E-state index in [1.165, 1.54) is 17.8 Å². The Kier molecular flexibility index (Phi) is 5.04. The molecule has 0 bridgehead atoms. The molecular weight excluding hydrogens is 286 g/mol. The first kappa shape index (κ1) is 15.6. The van der Waals surface area contributed by atoms with Gasteiger partial charge in [0.1, 0.15) is 21.5 Å². The summed E-state index contributed by atoms with van der Waals surface area (Å²) in [5.41, 5.74) is 6.58. The molecule has 2 heterocycles. The van der Waals surface area contributed by atoms with Crippen molar-refractivity contribution in [3.63, 3.8) is 0 Å². The molecule has 1 aliphatic heterocycles. The van der Waals surface area contributed by atoms with Gasteiger partial charge in [-0.2, -0.15) is 5.26 Å². The molecule has 2 rings (SSSR count). The normalized spacial score (nSPS) is 18.4. The van der Waals surface area contributed by atoms with Crippen molar-refractivity contribution in [2.24, 2.45) is 0 Å². The second-order valence-electron chi connectivity index (χ2n) is 5.18. The van der Waals surface area contributed by atoms with E-state index < -0.39 is 0 Å². The van der Waals surface area contributed by atoms with Crippen LogP contribution in [0.1, 0.15) is 35.0 Å². The van der Waals surface area contributed by atoms with Crippen LogP contribution in [0.4, 0.5) is 10.7 Å². The standard InChI is InChI=1S/C14H21N5OS/c1-3-17-13(20)12-11(16)10(7-15)14(21-12)18-8-9-5-4-6-19(9)2/h9,18H,3-6,8,16H2,1-2H3,(H,17,20). The minimum absolute atomic E-state index is 0.220. The van der Waals surface area contributed by atoms with E-state index in [1.54, 1.807) is 0 Å². The molecule has 1 fully saturated rings. The minimum atomic E-state index is -0.220. The van der Waals surface area contributed by atoms with Crippen LogP contribution < -0.4 is 16.4 Å². The Hall–Kier alpha value is -1.78. The third kappa shape index (κ3) is 3.28. The summed E-state index contributed by atoms with van der Waals surface area (Å²) in [6, 6.07) is 2.56. The summed E-state index contributed by atoms with van der Waals surface area (Å²) in [7, 11) is 2.10. The van der Waals surface area contributed by atoms with Gasteiger partial charge in [-0.15, -0.1) is 11.3 Å². The van der Waals surface area contributed by atoms with Crippen molar-refractivity contribution in [3.8, 4) is 6.07 Å². The topological polar surface area (TPSA) is 94.2 Å². The van der Waals surface area contributed by atoms with E-state index in [9.17, 15) is 10.1 Å². The molecule has 0 spiro atoms. The van der Waals surface area contributed by atoms with E-state index in [1.807, 2.05) is 6.92 Å². The molecule has 0 aliphatic carbocycles. The number of carbonyl (C=O) groups is 1. The highest BCUT2D eigenvalue weighted by atomic mass is 32.1. The smallest absolute Gasteiger partial charge is 0.263 e. The van der Waals surface area contributed by atoms with Crippen LogP contribution in [0.15, 0.2) is 0 Å².